The molecule has 3 heterocycles. The van der Waals surface area contributed by atoms with Crippen LogP contribution in [0.4, 0.5) is 4.39 Å². The average molecular weight is 386 g/mol. The van der Waals surface area contributed by atoms with Gasteiger partial charge in [-0.2, -0.15) is 5.10 Å². The molecule has 0 saturated carbocycles. The van der Waals surface area contributed by atoms with E-state index in [9.17, 15) is 4.39 Å². The number of rotatable bonds is 2. The summed E-state index contributed by atoms with van der Waals surface area (Å²) in [5.74, 6) is 0. The Kier molecular flexibility index (Phi) is 3.80. The monoisotopic (exact) mass is 385 g/mol. The topological polar surface area (TPSA) is 30.3 Å². The summed E-state index contributed by atoms with van der Waals surface area (Å²) in [4.78, 5) is 2.17. The van der Waals surface area contributed by atoms with Gasteiger partial charge in [-0.25, -0.2) is 9.07 Å². The molecule has 1 aromatic heterocycles. The summed E-state index contributed by atoms with van der Waals surface area (Å²) in [7, 11) is 0. The van der Waals surface area contributed by atoms with Crippen molar-refractivity contribution in [1.82, 2.24) is 14.7 Å². The highest BCUT2D eigenvalue weighted by Crippen LogP contribution is 2.31. The van der Waals surface area contributed by atoms with Crippen LogP contribution in [0.2, 0.25) is 5.15 Å². The van der Waals surface area contributed by atoms with Crippen molar-refractivity contribution >= 4 is 34.2 Å². The summed E-state index contributed by atoms with van der Waals surface area (Å²) in [6.45, 7) is 2.80. The molecule has 2 aliphatic heterocycles. The number of ether oxygens (including phenoxy) is 1. The second kappa shape index (κ2) is 5.22. The van der Waals surface area contributed by atoms with Crippen LogP contribution in [0.3, 0.4) is 0 Å². The lowest BCUT2D eigenvalue weighted by Crippen LogP contribution is -2.55. The van der Waals surface area contributed by atoms with Crippen molar-refractivity contribution in [3.8, 4) is 0 Å². The molecule has 7 heteroatoms. The fourth-order valence-electron chi connectivity index (χ4n) is 2.51. The maximum atomic E-state index is 14.3. The minimum atomic E-state index is -0.924. The van der Waals surface area contributed by atoms with E-state index in [1.807, 2.05) is 0 Å². The number of halogens is 3. The maximum absolute atomic E-state index is 14.3. The van der Waals surface area contributed by atoms with Gasteiger partial charge in [0, 0.05) is 13.1 Å². The van der Waals surface area contributed by atoms with E-state index in [0.717, 1.165) is 29.7 Å². The van der Waals surface area contributed by atoms with Crippen molar-refractivity contribution in [2.24, 2.45) is 0 Å². The first-order valence-electron chi connectivity index (χ1n) is 6.01. The van der Waals surface area contributed by atoms with E-state index in [1.165, 1.54) is 0 Å². The highest BCUT2D eigenvalue weighted by atomic mass is 127. The van der Waals surface area contributed by atoms with Gasteiger partial charge in [0.1, 0.15) is 11.3 Å². The van der Waals surface area contributed by atoms with Crippen molar-refractivity contribution in [2.75, 3.05) is 26.3 Å². The van der Waals surface area contributed by atoms with Crippen LogP contribution in [0.1, 0.15) is 12.5 Å². The van der Waals surface area contributed by atoms with Crippen LogP contribution in [0.15, 0.2) is 6.20 Å². The Bertz CT molecular complexity index is 440. The molecular weight excluding hydrogens is 371 g/mol. The van der Waals surface area contributed by atoms with Crippen LogP contribution in [-0.2, 0) is 4.74 Å². The number of likely N-dealkylation sites (tertiary alicyclic amines) is 1. The number of aromatic nitrogens is 2. The molecular formula is C11H14ClFIN3O. The summed E-state index contributed by atoms with van der Waals surface area (Å²) in [5, 5.41) is 4.73. The Hall–Kier alpha value is 0.0800. The van der Waals surface area contributed by atoms with Gasteiger partial charge in [-0.3, -0.25) is 4.90 Å². The molecule has 2 fully saturated rings. The zero-order valence-electron chi connectivity index (χ0n) is 9.73. The summed E-state index contributed by atoms with van der Waals surface area (Å²) in [6, 6.07) is 0.163. The smallest absolute Gasteiger partial charge is 0.140 e. The molecule has 4 nitrogen and oxygen atoms in total. The van der Waals surface area contributed by atoms with Crippen molar-refractivity contribution in [2.45, 2.75) is 24.7 Å². The van der Waals surface area contributed by atoms with E-state index in [0.29, 0.717) is 17.7 Å². The molecule has 0 amide bonds. The van der Waals surface area contributed by atoms with Crippen LogP contribution in [-0.4, -0.2) is 53.2 Å². The molecule has 2 atom stereocenters. The second-order valence-electron chi connectivity index (χ2n) is 4.79. The standard InChI is InChI=1S/C11H14ClFIN3O/c12-11-9(14)3-15-17(11)10-1-2-16(4-8(10)13)7-5-18-6-7/h3,7-8,10H,1-2,4-6H2/t8-,10-/m0/s1. The third-order valence-corrected chi connectivity index (χ3v) is 5.17. The van der Waals surface area contributed by atoms with E-state index in [-0.39, 0.29) is 6.04 Å². The van der Waals surface area contributed by atoms with E-state index in [4.69, 9.17) is 16.3 Å². The van der Waals surface area contributed by atoms with Crippen LogP contribution in [0.5, 0.6) is 0 Å². The first-order valence-corrected chi connectivity index (χ1v) is 7.47. The lowest BCUT2D eigenvalue weighted by atomic mass is 10.0. The number of hydrogen-bond acceptors (Lipinski definition) is 3. The predicted octanol–water partition coefficient (Wildman–Crippen LogP) is 2.12. The summed E-state index contributed by atoms with van der Waals surface area (Å²) in [6.07, 6.45) is 1.50. The highest BCUT2D eigenvalue weighted by Gasteiger charge is 2.37. The van der Waals surface area contributed by atoms with Crippen LogP contribution in [0.25, 0.3) is 0 Å². The lowest BCUT2D eigenvalue weighted by Gasteiger charge is -2.42. The fourth-order valence-corrected chi connectivity index (χ4v) is 3.10. The molecule has 0 radical (unpaired) electrons. The van der Waals surface area contributed by atoms with Crippen LogP contribution in [0, 0.1) is 3.57 Å². The van der Waals surface area contributed by atoms with E-state index < -0.39 is 6.17 Å². The zero-order valence-corrected chi connectivity index (χ0v) is 12.6. The molecule has 18 heavy (non-hydrogen) atoms. The predicted molar refractivity (Wildman–Crippen MR) is 74.7 cm³/mol. The Morgan fingerprint density at radius 1 is 1.50 bits per heavy atom. The second-order valence-corrected chi connectivity index (χ2v) is 6.31. The van der Waals surface area contributed by atoms with Crippen LogP contribution >= 0.6 is 34.2 Å². The highest BCUT2D eigenvalue weighted by molar-refractivity contribution is 14.1. The largest absolute Gasteiger partial charge is 0.378 e. The quantitative estimate of drug-likeness (QED) is 0.731. The summed E-state index contributed by atoms with van der Waals surface area (Å²) >= 11 is 8.25. The Balaban J connectivity index is 1.70. The fraction of sp³-hybridized carbons (Fsp3) is 0.727. The normalized spacial score (nSPS) is 30.4. The molecule has 0 aromatic carbocycles. The van der Waals surface area contributed by atoms with Gasteiger partial charge >= 0.3 is 0 Å². The average Bonchev–Trinajstić information content (AvgIpc) is 2.58. The summed E-state index contributed by atoms with van der Waals surface area (Å²) < 4.78 is 21.9. The van der Waals surface area contributed by atoms with E-state index >= 15 is 0 Å². The lowest BCUT2D eigenvalue weighted by molar-refractivity contribution is -0.0847. The molecule has 2 aliphatic rings. The first kappa shape index (κ1) is 13.1. The number of piperidine rings is 1. The minimum Gasteiger partial charge on any atom is -0.378 e. The molecule has 0 unspecified atom stereocenters. The Labute approximate surface area is 124 Å². The third kappa shape index (κ3) is 2.28. The van der Waals surface area contributed by atoms with Gasteiger partial charge in [-0.15, -0.1) is 0 Å². The maximum Gasteiger partial charge on any atom is 0.140 e. The molecule has 1 aromatic rings. The molecule has 3 rings (SSSR count). The number of alkyl halides is 1. The van der Waals surface area contributed by atoms with E-state index in [2.05, 4.69) is 32.6 Å². The molecule has 2 saturated heterocycles. The van der Waals surface area contributed by atoms with Crippen LogP contribution < -0.4 is 0 Å². The van der Waals surface area contributed by atoms with Gasteiger partial charge < -0.3 is 4.74 Å². The van der Waals surface area contributed by atoms with Gasteiger partial charge in [0.25, 0.3) is 0 Å². The van der Waals surface area contributed by atoms with Gasteiger partial charge in [-0.1, -0.05) is 11.6 Å². The van der Waals surface area contributed by atoms with Crippen molar-refractivity contribution < 1.29 is 9.13 Å². The molecule has 0 bridgehead atoms. The third-order valence-electron chi connectivity index (χ3n) is 3.68. The minimum absolute atomic E-state index is 0.238. The molecule has 0 aliphatic carbocycles. The Morgan fingerprint density at radius 3 is 2.78 bits per heavy atom. The number of nitrogens with zero attached hydrogens (tertiary/aromatic N) is 3. The van der Waals surface area contributed by atoms with Crippen molar-refractivity contribution in [1.29, 1.82) is 0 Å². The van der Waals surface area contributed by atoms with Crippen molar-refractivity contribution in [3.05, 3.63) is 14.9 Å². The summed E-state index contributed by atoms with van der Waals surface area (Å²) in [5.41, 5.74) is 0. The van der Waals surface area contributed by atoms with E-state index in [1.54, 1.807) is 10.9 Å². The molecule has 100 valence electrons. The van der Waals surface area contributed by atoms with Gasteiger partial charge in [0.05, 0.1) is 35.1 Å². The number of hydrogen-bond donors (Lipinski definition) is 0. The molecule has 0 spiro atoms. The zero-order chi connectivity index (χ0) is 12.7. The van der Waals surface area contributed by atoms with Gasteiger partial charge in [0.2, 0.25) is 0 Å². The molecule has 0 N–H and O–H groups in total. The first-order chi connectivity index (χ1) is 8.66. The van der Waals surface area contributed by atoms with Gasteiger partial charge in [0.15, 0.2) is 0 Å². The SMILES string of the molecule is F[C@H]1CN(C2COC2)CC[C@@H]1n1ncc(I)c1Cl. The Morgan fingerprint density at radius 2 is 2.28 bits per heavy atom. The van der Waals surface area contributed by atoms with Crippen molar-refractivity contribution in [3.63, 3.8) is 0 Å². The van der Waals surface area contributed by atoms with Gasteiger partial charge in [-0.05, 0) is 29.0 Å².